The van der Waals surface area contributed by atoms with E-state index in [2.05, 4.69) is 0 Å². The predicted molar refractivity (Wildman–Crippen MR) is 22.5 cm³/mol. The van der Waals surface area contributed by atoms with Crippen LogP contribution in [-0.4, -0.2) is 6.54 Å². The minimum Gasteiger partial charge on any atom is -0.330 e. The fourth-order valence-electron chi connectivity index (χ4n) is 0.0962. The Bertz CT molecular complexity index is 24.8. The second kappa shape index (κ2) is 3.70. The van der Waals surface area contributed by atoms with Crippen LogP contribution >= 0.6 is 0 Å². The Hall–Kier alpha value is -0.300. The van der Waals surface area contributed by atoms with Gasteiger partial charge in [-0.05, 0) is 13.0 Å². The molecule has 0 saturated carbocycles. The summed E-state index contributed by atoms with van der Waals surface area (Å²) in [7, 11) is 0. The molecule has 0 heterocycles. The summed E-state index contributed by atoms with van der Waals surface area (Å²) in [4.78, 5) is 0. The first-order valence-corrected chi connectivity index (χ1v) is 1.65. The highest BCUT2D eigenvalue weighted by Crippen LogP contribution is 1.66. The first-order valence-electron chi connectivity index (χ1n) is 1.65. The highest BCUT2D eigenvalue weighted by molar-refractivity contribution is 4.60. The van der Waals surface area contributed by atoms with Crippen LogP contribution in [0.5, 0.6) is 0 Å². The van der Waals surface area contributed by atoms with E-state index in [4.69, 9.17) is 12.3 Å². The van der Waals surface area contributed by atoms with E-state index in [1.165, 1.54) is 0 Å². The molecule has 0 saturated heterocycles. The Balaban J connectivity index is 2.40. The smallest absolute Gasteiger partial charge is 0.00425 e. The van der Waals surface area contributed by atoms with Crippen LogP contribution in [0.4, 0.5) is 0 Å². The van der Waals surface area contributed by atoms with Crippen LogP contribution < -0.4 is 5.73 Å². The molecule has 1 nitrogen and oxygen atoms in total. The Kier molecular flexibility index (Phi) is 3.48. The maximum atomic E-state index is 5.03. The molecule has 0 rings (SSSR count). The van der Waals surface area contributed by atoms with Gasteiger partial charge in [0.05, 0.1) is 0 Å². The van der Waals surface area contributed by atoms with E-state index in [9.17, 15) is 0 Å². The summed E-state index contributed by atoms with van der Waals surface area (Å²) in [5.41, 5.74) is 5.03. The van der Waals surface area contributed by atoms with Gasteiger partial charge >= 0.3 is 0 Å². The van der Waals surface area contributed by atoms with Crippen LogP contribution in [0.3, 0.4) is 0 Å². The summed E-state index contributed by atoms with van der Waals surface area (Å²) in [6, 6.07) is 0. The predicted octanol–water partition coefficient (Wildman–Crippen LogP) is 0.324. The Morgan fingerprint density at radius 1 is 1.80 bits per heavy atom. The standard InChI is InChI=1S/C4H8N/c1-2-3-4-5/h1-2H,3-5H2. The molecule has 2 N–H and O–H groups in total. The van der Waals surface area contributed by atoms with Crippen molar-refractivity contribution in [2.75, 3.05) is 6.54 Å². The molecule has 1 heteroatoms. The maximum absolute atomic E-state index is 5.03. The molecule has 0 atom stereocenters. The van der Waals surface area contributed by atoms with E-state index >= 15 is 0 Å². The molecule has 0 aliphatic rings. The van der Waals surface area contributed by atoms with Crippen LogP contribution in [0.15, 0.2) is 6.08 Å². The SMILES string of the molecule is [CH]=CCCN. The van der Waals surface area contributed by atoms with Gasteiger partial charge in [0, 0.05) is 0 Å². The zero-order valence-electron chi connectivity index (χ0n) is 3.15. The minimum atomic E-state index is 0.663. The van der Waals surface area contributed by atoms with Crippen molar-refractivity contribution in [3.63, 3.8) is 0 Å². The fourth-order valence-corrected chi connectivity index (χ4v) is 0.0962. The van der Waals surface area contributed by atoms with Gasteiger partial charge in [-0.1, -0.05) is 12.7 Å². The highest BCUT2D eigenvalue weighted by atomic mass is 14.5. The fraction of sp³-hybridized carbons (Fsp3) is 0.500. The summed E-state index contributed by atoms with van der Waals surface area (Å²) < 4.78 is 0. The second-order valence-electron chi connectivity index (χ2n) is 0.813. The summed E-state index contributed by atoms with van der Waals surface area (Å²) in [5.74, 6) is 0. The lowest BCUT2D eigenvalue weighted by atomic mass is 10.4. The molecule has 0 aromatic rings. The van der Waals surface area contributed by atoms with Gasteiger partial charge in [-0.3, -0.25) is 0 Å². The van der Waals surface area contributed by atoms with Gasteiger partial charge in [-0.25, -0.2) is 0 Å². The van der Waals surface area contributed by atoms with E-state index in [1.54, 1.807) is 6.08 Å². The van der Waals surface area contributed by atoms with Crippen molar-refractivity contribution in [1.82, 2.24) is 0 Å². The third-order valence-electron chi connectivity index (χ3n) is 0.333. The number of hydrogen-bond acceptors (Lipinski definition) is 1. The van der Waals surface area contributed by atoms with Gasteiger partial charge < -0.3 is 5.73 Å². The van der Waals surface area contributed by atoms with Crippen molar-refractivity contribution in [2.24, 2.45) is 5.73 Å². The Morgan fingerprint density at radius 3 is 2.40 bits per heavy atom. The van der Waals surface area contributed by atoms with Crippen molar-refractivity contribution in [1.29, 1.82) is 0 Å². The van der Waals surface area contributed by atoms with Gasteiger partial charge in [-0.15, -0.1) is 0 Å². The van der Waals surface area contributed by atoms with E-state index in [0.717, 1.165) is 6.42 Å². The van der Waals surface area contributed by atoms with E-state index in [0.29, 0.717) is 6.54 Å². The third kappa shape index (κ3) is 3.70. The van der Waals surface area contributed by atoms with E-state index in [1.807, 2.05) is 0 Å². The maximum Gasteiger partial charge on any atom is -0.00425 e. The Labute approximate surface area is 32.5 Å². The van der Waals surface area contributed by atoms with E-state index < -0.39 is 0 Å². The van der Waals surface area contributed by atoms with Gasteiger partial charge in [-0.2, -0.15) is 0 Å². The lowest BCUT2D eigenvalue weighted by molar-refractivity contribution is 1.01. The molecule has 0 unspecified atom stereocenters. The summed E-state index contributed by atoms with van der Waals surface area (Å²) in [6.45, 7) is 5.60. The molecule has 29 valence electrons. The van der Waals surface area contributed by atoms with Gasteiger partial charge in [0.1, 0.15) is 0 Å². The first-order chi connectivity index (χ1) is 2.41. The number of nitrogens with two attached hydrogens (primary N) is 1. The zero-order chi connectivity index (χ0) is 4.12. The molecular weight excluding hydrogens is 62.1 g/mol. The van der Waals surface area contributed by atoms with Crippen molar-refractivity contribution in [3.05, 3.63) is 12.7 Å². The van der Waals surface area contributed by atoms with Gasteiger partial charge in [0.2, 0.25) is 0 Å². The average Bonchev–Trinajstić information content (AvgIpc) is 1.41. The normalized spacial score (nSPS) is 7.40. The molecule has 0 aliphatic heterocycles. The number of rotatable bonds is 2. The van der Waals surface area contributed by atoms with Crippen molar-refractivity contribution >= 4 is 0 Å². The molecule has 0 aliphatic carbocycles. The second-order valence-corrected chi connectivity index (χ2v) is 0.813. The summed E-state index contributed by atoms with van der Waals surface area (Å²) >= 11 is 0. The van der Waals surface area contributed by atoms with Crippen molar-refractivity contribution in [2.45, 2.75) is 6.42 Å². The van der Waals surface area contributed by atoms with Gasteiger partial charge in [0.15, 0.2) is 0 Å². The van der Waals surface area contributed by atoms with Crippen LogP contribution in [0.25, 0.3) is 0 Å². The summed E-state index contributed by atoms with van der Waals surface area (Å²) in [5, 5.41) is 0. The van der Waals surface area contributed by atoms with E-state index in [-0.39, 0.29) is 0 Å². The monoisotopic (exact) mass is 70.1 g/mol. The molecule has 5 heavy (non-hydrogen) atoms. The molecular formula is C4H8N. The van der Waals surface area contributed by atoms with Crippen LogP contribution in [0.1, 0.15) is 6.42 Å². The van der Waals surface area contributed by atoms with Crippen LogP contribution in [0.2, 0.25) is 0 Å². The molecule has 0 fully saturated rings. The lowest BCUT2D eigenvalue weighted by Gasteiger charge is -1.74. The number of hydrogen-bond donors (Lipinski definition) is 1. The topological polar surface area (TPSA) is 26.0 Å². The quantitative estimate of drug-likeness (QED) is 0.497. The molecule has 0 aromatic carbocycles. The third-order valence-corrected chi connectivity index (χ3v) is 0.333. The van der Waals surface area contributed by atoms with Crippen molar-refractivity contribution < 1.29 is 0 Å². The summed E-state index contributed by atoms with van der Waals surface area (Å²) in [6.07, 6.45) is 2.38. The van der Waals surface area contributed by atoms with Crippen LogP contribution in [-0.2, 0) is 0 Å². The Morgan fingerprint density at radius 2 is 2.40 bits per heavy atom. The zero-order valence-corrected chi connectivity index (χ0v) is 3.15. The molecule has 0 aromatic heterocycles. The molecule has 0 amide bonds. The first kappa shape index (κ1) is 4.70. The van der Waals surface area contributed by atoms with Gasteiger partial charge in [0.25, 0.3) is 0 Å². The lowest BCUT2D eigenvalue weighted by Crippen LogP contribution is -1.94. The largest absolute Gasteiger partial charge is 0.330 e. The van der Waals surface area contributed by atoms with Crippen LogP contribution in [0, 0.1) is 6.58 Å². The molecule has 1 radical (unpaired) electrons. The highest BCUT2D eigenvalue weighted by Gasteiger charge is 1.61. The van der Waals surface area contributed by atoms with Crippen molar-refractivity contribution in [3.8, 4) is 0 Å². The average molecular weight is 70.1 g/mol. The minimum absolute atomic E-state index is 0.663. The molecule has 0 bridgehead atoms. The molecule has 0 spiro atoms.